The number of benzene rings is 2. The van der Waals surface area contributed by atoms with Crippen LogP contribution in [0.3, 0.4) is 0 Å². The highest BCUT2D eigenvalue weighted by atomic mass is 79.9. The van der Waals surface area contributed by atoms with Crippen LogP contribution in [0.2, 0.25) is 0 Å². The number of rotatable bonds is 5. The fourth-order valence-electron chi connectivity index (χ4n) is 1.62. The smallest absolute Gasteiger partial charge is 0.119 e. The predicted octanol–water partition coefficient (Wildman–Crippen LogP) is 3.69. The second-order valence-corrected chi connectivity index (χ2v) is 4.66. The number of halogens is 1. The Labute approximate surface area is 115 Å². The van der Waals surface area contributed by atoms with Crippen LogP contribution in [0.5, 0.6) is 5.75 Å². The molecule has 0 heterocycles. The summed E-state index contributed by atoms with van der Waals surface area (Å²) in [4.78, 5) is 0. The number of alkyl halides is 1. The Morgan fingerprint density at radius 1 is 1.00 bits per heavy atom. The zero-order chi connectivity index (χ0) is 12.8. The number of hydrogen-bond acceptors (Lipinski definition) is 2. The summed E-state index contributed by atoms with van der Waals surface area (Å²) in [6, 6.07) is 17.6. The molecule has 0 aliphatic heterocycles. The van der Waals surface area contributed by atoms with Crippen molar-refractivity contribution in [2.45, 2.75) is 12.7 Å². The van der Waals surface area contributed by atoms with Crippen LogP contribution in [-0.4, -0.2) is 10.4 Å². The summed E-state index contributed by atoms with van der Waals surface area (Å²) in [5.74, 6) is 0.810. The second kappa shape index (κ2) is 6.57. The second-order valence-electron chi connectivity index (χ2n) is 4.01. The zero-order valence-corrected chi connectivity index (χ0v) is 11.5. The molecule has 3 heteroatoms. The third-order valence-corrected chi connectivity index (χ3v) is 3.27. The van der Waals surface area contributed by atoms with E-state index in [0.29, 0.717) is 11.9 Å². The van der Waals surface area contributed by atoms with Gasteiger partial charge in [-0.15, -0.1) is 0 Å². The van der Waals surface area contributed by atoms with E-state index in [2.05, 4.69) is 15.9 Å². The average molecular weight is 307 g/mol. The van der Waals surface area contributed by atoms with E-state index in [4.69, 9.17) is 4.74 Å². The highest BCUT2D eigenvalue weighted by molar-refractivity contribution is 9.09. The minimum atomic E-state index is -0.465. The van der Waals surface area contributed by atoms with E-state index < -0.39 is 6.10 Å². The van der Waals surface area contributed by atoms with Crippen molar-refractivity contribution in [3.63, 3.8) is 0 Å². The molecule has 2 rings (SSSR count). The van der Waals surface area contributed by atoms with Gasteiger partial charge in [-0.1, -0.05) is 58.4 Å². The van der Waals surface area contributed by atoms with Gasteiger partial charge in [-0.2, -0.15) is 0 Å². The highest BCUT2D eigenvalue weighted by Gasteiger charge is 2.05. The maximum atomic E-state index is 9.64. The molecule has 0 unspecified atom stereocenters. The number of hydrogen-bond donors (Lipinski definition) is 1. The number of aliphatic hydroxyl groups excluding tert-OH is 1. The number of ether oxygens (including phenoxy) is 1. The fourth-order valence-corrected chi connectivity index (χ4v) is 1.99. The summed E-state index contributed by atoms with van der Waals surface area (Å²) in [5.41, 5.74) is 2.03. The van der Waals surface area contributed by atoms with Crippen LogP contribution < -0.4 is 4.74 Å². The summed E-state index contributed by atoms with van der Waals surface area (Å²) in [6.45, 7) is 0.557. The molecule has 0 aromatic heterocycles. The van der Waals surface area contributed by atoms with E-state index in [1.165, 1.54) is 0 Å². The molecule has 1 N–H and O–H groups in total. The Balaban J connectivity index is 1.94. The molecule has 1 atom stereocenters. The summed E-state index contributed by atoms with van der Waals surface area (Å²) in [6.07, 6.45) is -0.465. The van der Waals surface area contributed by atoms with Gasteiger partial charge in [0.25, 0.3) is 0 Å². The van der Waals surface area contributed by atoms with Crippen LogP contribution in [-0.2, 0) is 6.61 Å². The van der Waals surface area contributed by atoms with Crippen molar-refractivity contribution < 1.29 is 9.84 Å². The molecule has 94 valence electrons. The van der Waals surface area contributed by atoms with Gasteiger partial charge < -0.3 is 9.84 Å². The first-order valence-electron chi connectivity index (χ1n) is 5.80. The minimum absolute atomic E-state index is 0.465. The molecule has 0 saturated carbocycles. The van der Waals surface area contributed by atoms with Gasteiger partial charge in [-0.05, 0) is 23.3 Å². The lowest BCUT2D eigenvalue weighted by atomic mass is 10.1. The topological polar surface area (TPSA) is 29.5 Å². The Hall–Kier alpha value is -1.32. The molecule has 0 spiro atoms. The van der Waals surface area contributed by atoms with Gasteiger partial charge in [0.15, 0.2) is 0 Å². The van der Waals surface area contributed by atoms with Crippen molar-refractivity contribution in [2.24, 2.45) is 0 Å². The molecule has 0 fully saturated rings. The molecule has 2 aromatic carbocycles. The van der Waals surface area contributed by atoms with Crippen LogP contribution in [0.25, 0.3) is 0 Å². The predicted molar refractivity (Wildman–Crippen MR) is 76.0 cm³/mol. The van der Waals surface area contributed by atoms with E-state index in [1.54, 1.807) is 0 Å². The van der Waals surface area contributed by atoms with E-state index >= 15 is 0 Å². The quantitative estimate of drug-likeness (QED) is 0.854. The van der Waals surface area contributed by atoms with E-state index in [0.717, 1.165) is 16.9 Å². The Morgan fingerprint density at radius 3 is 2.28 bits per heavy atom. The van der Waals surface area contributed by atoms with Gasteiger partial charge in [0.1, 0.15) is 12.4 Å². The summed E-state index contributed by atoms with van der Waals surface area (Å²) >= 11 is 3.25. The minimum Gasteiger partial charge on any atom is -0.489 e. The lowest BCUT2D eigenvalue weighted by Crippen LogP contribution is -1.99. The lowest BCUT2D eigenvalue weighted by molar-refractivity contribution is 0.205. The molecule has 0 aliphatic carbocycles. The monoisotopic (exact) mass is 306 g/mol. The Morgan fingerprint density at radius 2 is 1.67 bits per heavy atom. The van der Waals surface area contributed by atoms with E-state index in [-0.39, 0.29) is 0 Å². The van der Waals surface area contributed by atoms with Gasteiger partial charge >= 0.3 is 0 Å². The van der Waals surface area contributed by atoms with E-state index in [1.807, 2.05) is 54.6 Å². The van der Waals surface area contributed by atoms with Crippen molar-refractivity contribution in [1.82, 2.24) is 0 Å². The normalized spacial score (nSPS) is 12.1. The molecule has 2 nitrogen and oxygen atoms in total. The fraction of sp³-hybridized carbons (Fsp3) is 0.200. The van der Waals surface area contributed by atoms with Crippen LogP contribution >= 0.6 is 15.9 Å². The molecule has 2 aromatic rings. The molecule has 0 bridgehead atoms. The SMILES string of the molecule is O[C@@H](CBr)c1ccc(OCc2ccccc2)cc1. The van der Waals surface area contributed by atoms with Gasteiger partial charge in [0, 0.05) is 5.33 Å². The Bertz CT molecular complexity index is 468. The molecular formula is C15H15BrO2. The van der Waals surface area contributed by atoms with Gasteiger partial charge in [0.2, 0.25) is 0 Å². The molecule has 18 heavy (non-hydrogen) atoms. The first-order valence-corrected chi connectivity index (χ1v) is 6.92. The van der Waals surface area contributed by atoms with Crippen LogP contribution in [0.4, 0.5) is 0 Å². The number of aliphatic hydroxyl groups is 1. The standard InChI is InChI=1S/C15H15BrO2/c16-10-15(17)13-6-8-14(9-7-13)18-11-12-4-2-1-3-5-12/h1-9,15,17H,10-11H2/t15-/m0/s1. The first-order chi connectivity index (χ1) is 8.79. The van der Waals surface area contributed by atoms with Crippen molar-refractivity contribution in [1.29, 1.82) is 0 Å². The lowest BCUT2D eigenvalue weighted by Gasteiger charge is -2.09. The maximum Gasteiger partial charge on any atom is 0.119 e. The summed E-state index contributed by atoms with van der Waals surface area (Å²) < 4.78 is 5.67. The van der Waals surface area contributed by atoms with Crippen LogP contribution in [0, 0.1) is 0 Å². The molecule has 0 saturated heterocycles. The van der Waals surface area contributed by atoms with Gasteiger partial charge in [-0.3, -0.25) is 0 Å². The first kappa shape index (κ1) is 13.1. The van der Waals surface area contributed by atoms with Crippen molar-refractivity contribution in [3.05, 3.63) is 65.7 Å². The zero-order valence-electron chi connectivity index (χ0n) is 9.92. The van der Waals surface area contributed by atoms with Crippen LogP contribution in [0.1, 0.15) is 17.2 Å². The third kappa shape index (κ3) is 3.59. The largest absolute Gasteiger partial charge is 0.489 e. The van der Waals surface area contributed by atoms with Crippen molar-refractivity contribution >= 4 is 15.9 Å². The highest BCUT2D eigenvalue weighted by Crippen LogP contribution is 2.19. The summed E-state index contributed by atoms with van der Waals surface area (Å²) in [5, 5.41) is 10.2. The van der Waals surface area contributed by atoms with Gasteiger partial charge in [0.05, 0.1) is 6.10 Å². The van der Waals surface area contributed by atoms with Crippen molar-refractivity contribution in [3.8, 4) is 5.75 Å². The van der Waals surface area contributed by atoms with Crippen LogP contribution in [0.15, 0.2) is 54.6 Å². The molecule has 0 aliphatic rings. The third-order valence-electron chi connectivity index (χ3n) is 2.66. The summed E-state index contributed by atoms with van der Waals surface area (Å²) in [7, 11) is 0. The molecule has 0 amide bonds. The van der Waals surface area contributed by atoms with Gasteiger partial charge in [-0.25, -0.2) is 0 Å². The van der Waals surface area contributed by atoms with E-state index in [9.17, 15) is 5.11 Å². The van der Waals surface area contributed by atoms with Crippen molar-refractivity contribution in [2.75, 3.05) is 5.33 Å². The maximum absolute atomic E-state index is 9.64. The molecule has 0 radical (unpaired) electrons. The molecular weight excluding hydrogens is 292 g/mol. The Kier molecular flexibility index (Phi) is 4.79. The average Bonchev–Trinajstić information content (AvgIpc) is 2.46.